The van der Waals surface area contributed by atoms with Crippen molar-refractivity contribution in [2.45, 2.75) is 20.8 Å². The zero-order chi connectivity index (χ0) is 12.8. The average Bonchev–Trinajstić information content (AvgIpc) is 2.18. The van der Waals surface area contributed by atoms with Crippen molar-refractivity contribution in [1.29, 1.82) is 0 Å². The summed E-state index contributed by atoms with van der Waals surface area (Å²) in [6.45, 7) is 4.99. The first-order valence-electron chi connectivity index (χ1n) is 4.97. The Kier molecular flexibility index (Phi) is 6.28. The number of hydrogen-bond acceptors (Lipinski definition) is 2. The predicted molar refractivity (Wildman–Crippen MR) is 59.7 cm³/mol. The summed E-state index contributed by atoms with van der Waals surface area (Å²) in [5, 5.41) is 8.25. The van der Waals surface area contributed by atoms with Gasteiger partial charge in [0.2, 0.25) is 0 Å². The summed E-state index contributed by atoms with van der Waals surface area (Å²) < 4.78 is 6.37. The first-order valence-corrected chi connectivity index (χ1v) is 6.45. The molecule has 1 aromatic rings. The van der Waals surface area contributed by atoms with Crippen LogP contribution in [0.5, 0.6) is 5.75 Å². The van der Waals surface area contributed by atoms with Crippen molar-refractivity contribution in [3.05, 3.63) is 24.3 Å². The molecule has 0 saturated heterocycles. The molecule has 0 aliphatic heterocycles. The molecule has 1 rings (SSSR count). The van der Waals surface area contributed by atoms with Gasteiger partial charge in [-0.05, 0) is 20.8 Å². The van der Waals surface area contributed by atoms with E-state index in [9.17, 15) is 4.79 Å². The van der Waals surface area contributed by atoms with E-state index in [1.807, 2.05) is 12.1 Å². The van der Waals surface area contributed by atoms with Crippen LogP contribution >= 0.6 is 0 Å². The third-order valence-electron chi connectivity index (χ3n) is 1.80. The van der Waals surface area contributed by atoms with Crippen molar-refractivity contribution < 1.29 is 32.9 Å². The van der Waals surface area contributed by atoms with Crippen molar-refractivity contribution >= 4 is 10.1 Å². The van der Waals surface area contributed by atoms with Crippen LogP contribution in [-0.2, 0) is 23.1 Å². The molecule has 0 amide bonds. The number of carbonyl (C=O) groups is 1. The maximum atomic E-state index is 10.0. The molecule has 0 saturated carbocycles. The number of hydrogen-bond donors (Lipinski definition) is 1. The number of rotatable bonds is 1. The van der Waals surface area contributed by atoms with Crippen LogP contribution in [0.4, 0.5) is 0 Å². The van der Waals surface area contributed by atoms with E-state index in [0.717, 1.165) is 5.75 Å². The van der Waals surface area contributed by atoms with Crippen molar-refractivity contribution in [3.8, 4) is 5.75 Å². The summed E-state index contributed by atoms with van der Waals surface area (Å²) in [5.74, 6) is 0.180. The van der Waals surface area contributed by atoms with E-state index in [4.69, 9.17) is 9.84 Å². The second kappa shape index (κ2) is 6.64. The molecule has 16 heavy (non-hydrogen) atoms. The molecule has 0 aliphatic carbocycles. The fourth-order valence-corrected chi connectivity index (χ4v) is 1.12. The molecule has 1 aromatic carbocycles. The fourth-order valence-electron chi connectivity index (χ4n) is 0.626. The Morgan fingerprint density at radius 2 is 1.62 bits per heavy atom. The van der Waals surface area contributed by atoms with Crippen LogP contribution in [0.1, 0.15) is 20.8 Å². The number of ether oxygens (including phenoxy) is 1. The molecule has 0 aromatic heterocycles. The molecule has 3 nitrogen and oxygen atoms in total. The van der Waals surface area contributed by atoms with Gasteiger partial charge in [-0.3, -0.25) is 4.79 Å². The first-order chi connectivity index (χ1) is 7.27. The third kappa shape index (κ3) is 6.57. The van der Waals surface area contributed by atoms with Gasteiger partial charge in [-0.15, -0.1) is 0 Å². The maximum absolute atomic E-state index is 10.0. The van der Waals surface area contributed by atoms with Crippen molar-refractivity contribution in [2.24, 2.45) is 5.41 Å². The van der Waals surface area contributed by atoms with Crippen molar-refractivity contribution in [3.63, 3.8) is 0 Å². The summed E-state index contributed by atoms with van der Waals surface area (Å²) in [6, 6.07) is 8.13. The van der Waals surface area contributed by atoms with Crippen LogP contribution in [0, 0.1) is 5.41 Å². The molecule has 0 fully saturated rings. The Morgan fingerprint density at radius 1 is 1.25 bits per heavy atom. The molecule has 0 spiro atoms. The molecule has 0 aliphatic rings. The second-order valence-corrected chi connectivity index (χ2v) is 6.12. The van der Waals surface area contributed by atoms with Gasteiger partial charge in [0.05, 0.1) is 5.41 Å². The molecule has 0 radical (unpaired) electrons. The van der Waals surface area contributed by atoms with Gasteiger partial charge in [-0.2, -0.15) is 0 Å². The monoisotopic (exact) mass is 273 g/mol. The number of methoxy groups -OCH3 is 1. The van der Waals surface area contributed by atoms with E-state index in [-0.39, 0.29) is 0 Å². The van der Waals surface area contributed by atoms with Gasteiger partial charge in [0, 0.05) is 0 Å². The minimum absolute atomic E-state index is 0.583. The van der Waals surface area contributed by atoms with Crippen LogP contribution in [-0.4, -0.2) is 18.2 Å². The predicted octanol–water partition coefficient (Wildman–Crippen LogP) is 1.98. The minimum atomic E-state index is -0.757. The quantitative estimate of drug-likeness (QED) is 0.797. The van der Waals surface area contributed by atoms with Crippen LogP contribution in [0.25, 0.3) is 0 Å². The van der Waals surface area contributed by atoms with Gasteiger partial charge in [-0.1, -0.05) is 0 Å². The number of aliphatic carboxylic acids is 1. The molecule has 0 atom stereocenters. The number of carboxylic acids is 1. The van der Waals surface area contributed by atoms with Crippen LogP contribution < -0.4 is 8.89 Å². The van der Waals surface area contributed by atoms with Gasteiger partial charge in [0.15, 0.2) is 0 Å². The van der Waals surface area contributed by atoms with Crippen LogP contribution in [0.2, 0.25) is 0 Å². The topological polar surface area (TPSA) is 46.5 Å². The molecule has 0 bridgehead atoms. The first kappa shape index (κ1) is 15.1. The van der Waals surface area contributed by atoms with E-state index in [2.05, 4.69) is 12.1 Å². The molecule has 0 unspecified atom stereocenters. The zero-order valence-corrected chi connectivity index (χ0v) is 13.2. The van der Waals surface area contributed by atoms with Gasteiger partial charge in [-0.25, -0.2) is 0 Å². The van der Waals surface area contributed by atoms with E-state index >= 15 is 0 Å². The molecular formula is C12H17O3Zn. The Bertz CT molecular complexity index is 325. The third-order valence-corrected chi connectivity index (χ3v) is 2.79. The van der Waals surface area contributed by atoms with E-state index < -0.39 is 11.4 Å². The van der Waals surface area contributed by atoms with Gasteiger partial charge < -0.3 is 5.11 Å². The second-order valence-electron chi connectivity index (χ2n) is 4.40. The summed E-state index contributed by atoms with van der Waals surface area (Å²) >= 11 is 1.21. The molecule has 4 heteroatoms. The van der Waals surface area contributed by atoms with E-state index in [1.54, 1.807) is 27.9 Å². The molecule has 85 valence electrons. The Balaban J connectivity index is 0.000000293. The normalized spacial score (nSPS) is 10.1. The van der Waals surface area contributed by atoms with Crippen molar-refractivity contribution in [1.82, 2.24) is 0 Å². The summed E-state index contributed by atoms with van der Waals surface area (Å²) in [7, 11) is 1.68. The van der Waals surface area contributed by atoms with Gasteiger partial charge in [0.25, 0.3) is 0 Å². The summed E-state index contributed by atoms with van der Waals surface area (Å²) in [4.78, 5) is 10.0. The van der Waals surface area contributed by atoms with E-state index in [0.29, 0.717) is 0 Å². The molecule has 0 heterocycles. The Labute approximate surface area is 106 Å². The molecular weight excluding hydrogens is 258 g/mol. The zero-order valence-electron chi connectivity index (χ0n) is 10.3. The fraction of sp³-hybridized carbons (Fsp3) is 0.417. The van der Waals surface area contributed by atoms with Crippen molar-refractivity contribution in [2.75, 3.05) is 7.11 Å². The SMILES string of the molecule is CC(C)(C)C(=O)O.COc1cc[c]([Zn])cc1. The van der Waals surface area contributed by atoms with Crippen LogP contribution in [0.3, 0.4) is 0 Å². The average molecular weight is 275 g/mol. The summed E-state index contributed by atoms with van der Waals surface area (Å²) in [5.41, 5.74) is -0.583. The number of benzene rings is 1. The number of carboxylic acid groups (broad SMARTS) is 1. The standard InChI is InChI=1S/C7H7O.C5H10O2.Zn/c1-8-7-5-3-2-4-6-7;1-5(2,3)4(6)7;/h3-6H,1H3;1-3H3,(H,6,7);. The Hall–Kier alpha value is -0.887. The van der Waals surface area contributed by atoms with Gasteiger partial charge >= 0.3 is 70.3 Å². The Morgan fingerprint density at radius 3 is 1.88 bits per heavy atom. The molecule has 1 N–H and O–H groups in total. The summed E-state index contributed by atoms with van der Waals surface area (Å²) in [6.07, 6.45) is 0. The van der Waals surface area contributed by atoms with Gasteiger partial charge in [0.1, 0.15) is 0 Å². The van der Waals surface area contributed by atoms with E-state index in [1.165, 1.54) is 22.5 Å². The van der Waals surface area contributed by atoms with Crippen LogP contribution in [0.15, 0.2) is 24.3 Å².